The Morgan fingerprint density at radius 2 is 2.14 bits per heavy atom. The normalized spacial score (nSPS) is 15.8. The third kappa shape index (κ3) is 4.66. The molecule has 2 rings (SSSR count). The number of amides is 1. The van der Waals surface area contributed by atoms with E-state index in [1.165, 1.54) is 6.07 Å². The first-order valence-corrected chi connectivity index (χ1v) is 6.58. The van der Waals surface area contributed by atoms with Gasteiger partial charge in [-0.15, -0.1) is 12.4 Å². The fourth-order valence-corrected chi connectivity index (χ4v) is 2.32. The van der Waals surface area contributed by atoms with Gasteiger partial charge in [0.05, 0.1) is 4.92 Å². The van der Waals surface area contributed by atoms with E-state index in [4.69, 9.17) is 5.73 Å². The topological polar surface area (TPSA) is 102 Å². The van der Waals surface area contributed by atoms with Gasteiger partial charge in [0.15, 0.2) is 0 Å². The van der Waals surface area contributed by atoms with Gasteiger partial charge in [-0.2, -0.15) is 0 Å². The van der Waals surface area contributed by atoms with Crippen molar-refractivity contribution in [2.24, 2.45) is 5.73 Å². The van der Waals surface area contributed by atoms with E-state index < -0.39 is 10.8 Å². The Labute approximate surface area is 129 Å². The molecule has 1 fully saturated rings. The lowest BCUT2D eigenvalue weighted by Gasteiger charge is -2.19. The lowest BCUT2D eigenvalue weighted by atomic mass is 10.1. The summed E-state index contributed by atoms with van der Waals surface area (Å²) < 4.78 is 0. The Bertz CT molecular complexity index is 516. The van der Waals surface area contributed by atoms with Crippen LogP contribution in [-0.4, -0.2) is 41.9 Å². The van der Waals surface area contributed by atoms with Crippen molar-refractivity contribution in [2.75, 3.05) is 26.2 Å². The molecule has 116 valence electrons. The van der Waals surface area contributed by atoms with E-state index in [2.05, 4.69) is 10.2 Å². The first-order chi connectivity index (χ1) is 9.58. The van der Waals surface area contributed by atoms with E-state index in [0.29, 0.717) is 12.1 Å². The lowest BCUT2D eigenvalue weighted by Crippen LogP contribution is -2.28. The molecule has 0 saturated carbocycles. The van der Waals surface area contributed by atoms with Crippen LogP contribution in [0, 0.1) is 10.1 Å². The van der Waals surface area contributed by atoms with Gasteiger partial charge in [0.25, 0.3) is 5.69 Å². The molecule has 1 aliphatic rings. The maximum absolute atomic E-state index is 11.1. The van der Waals surface area contributed by atoms with E-state index in [-0.39, 0.29) is 23.7 Å². The summed E-state index contributed by atoms with van der Waals surface area (Å²) in [5, 5.41) is 14.4. The number of primary amides is 1. The van der Waals surface area contributed by atoms with Crippen molar-refractivity contribution >= 4 is 24.0 Å². The zero-order valence-electron chi connectivity index (χ0n) is 11.6. The predicted molar refractivity (Wildman–Crippen MR) is 81.6 cm³/mol. The minimum absolute atomic E-state index is 0. The smallest absolute Gasteiger partial charge is 0.274 e. The van der Waals surface area contributed by atoms with Gasteiger partial charge >= 0.3 is 0 Å². The molecular weight excluding hydrogens is 296 g/mol. The molecule has 0 aromatic heterocycles. The van der Waals surface area contributed by atoms with Crippen molar-refractivity contribution in [3.05, 3.63) is 39.4 Å². The minimum atomic E-state index is -0.654. The van der Waals surface area contributed by atoms with Crippen molar-refractivity contribution in [1.82, 2.24) is 10.2 Å². The number of nitro groups is 1. The Morgan fingerprint density at radius 3 is 2.81 bits per heavy atom. The molecule has 1 amide bonds. The summed E-state index contributed by atoms with van der Waals surface area (Å²) in [4.78, 5) is 23.9. The molecule has 7 nitrogen and oxygen atoms in total. The number of carbonyl (C=O) groups is 1. The molecule has 1 aliphatic heterocycles. The number of halogens is 1. The second kappa shape index (κ2) is 7.92. The predicted octanol–water partition coefficient (Wildman–Crippen LogP) is 0.911. The van der Waals surface area contributed by atoms with Crippen LogP contribution >= 0.6 is 12.4 Å². The number of nitro benzene ring substituents is 1. The summed E-state index contributed by atoms with van der Waals surface area (Å²) in [5.41, 5.74) is 5.89. The molecule has 3 N–H and O–H groups in total. The fraction of sp³-hybridized carbons (Fsp3) is 0.462. The van der Waals surface area contributed by atoms with E-state index in [1.807, 2.05) is 0 Å². The van der Waals surface area contributed by atoms with Crippen molar-refractivity contribution in [3.63, 3.8) is 0 Å². The fourth-order valence-electron chi connectivity index (χ4n) is 2.32. The molecule has 0 bridgehead atoms. The molecule has 0 atom stereocenters. The molecule has 1 aromatic carbocycles. The van der Waals surface area contributed by atoms with E-state index in [1.54, 1.807) is 12.1 Å². The summed E-state index contributed by atoms with van der Waals surface area (Å²) >= 11 is 0. The van der Waals surface area contributed by atoms with Crippen molar-refractivity contribution in [2.45, 2.75) is 13.0 Å². The molecule has 1 heterocycles. The van der Waals surface area contributed by atoms with E-state index in [9.17, 15) is 14.9 Å². The molecule has 0 radical (unpaired) electrons. The second-order valence-electron chi connectivity index (χ2n) is 4.84. The van der Waals surface area contributed by atoms with Crippen LogP contribution in [0.5, 0.6) is 0 Å². The van der Waals surface area contributed by atoms with Crippen LogP contribution in [0.4, 0.5) is 5.69 Å². The second-order valence-corrected chi connectivity index (χ2v) is 4.84. The SMILES string of the molecule is Cl.NC(=O)c1ccc(CN2CCCNCC2)c([N+](=O)[O-])c1. The summed E-state index contributed by atoms with van der Waals surface area (Å²) in [7, 11) is 0. The van der Waals surface area contributed by atoms with Crippen LogP contribution in [0.25, 0.3) is 0 Å². The third-order valence-corrected chi connectivity index (χ3v) is 3.39. The zero-order chi connectivity index (χ0) is 14.5. The summed E-state index contributed by atoms with van der Waals surface area (Å²) in [6.45, 7) is 4.12. The highest BCUT2D eigenvalue weighted by atomic mass is 35.5. The molecule has 8 heteroatoms. The maximum atomic E-state index is 11.1. The maximum Gasteiger partial charge on any atom is 0.274 e. The summed E-state index contributed by atoms with van der Waals surface area (Å²) in [5.74, 6) is -0.654. The number of hydrogen-bond donors (Lipinski definition) is 2. The monoisotopic (exact) mass is 314 g/mol. The van der Waals surface area contributed by atoms with Gasteiger partial charge in [0, 0.05) is 36.8 Å². The average Bonchev–Trinajstić information content (AvgIpc) is 2.67. The van der Waals surface area contributed by atoms with Gasteiger partial charge in [0.2, 0.25) is 5.91 Å². The third-order valence-electron chi connectivity index (χ3n) is 3.39. The number of nitrogens with zero attached hydrogens (tertiary/aromatic N) is 2. The number of hydrogen-bond acceptors (Lipinski definition) is 5. The van der Waals surface area contributed by atoms with Gasteiger partial charge in [0.1, 0.15) is 0 Å². The molecule has 1 aromatic rings. The Kier molecular flexibility index (Phi) is 6.54. The highest BCUT2D eigenvalue weighted by Gasteiger charge is 2.19. The molecule has 21 heavy (non-hydrogen) atoms. The summed E-state index contributed by atoms with van der Waals surface area (Å²) in [6.07, 6.45) is 1.02. The number of nitrogens with two attached hydrogens (primary N) is 1. The van der Waals surface area contributed by atoms with Crippen LogP contribution < -0.4 is 11.1 Å². The zero-order valence-corrected chi connectivity index (χ0v) is 12.4. The largest absolute Gasteiger partial charge is 0.366 e. The number of benzene rings is 1. The Hall–Kier alpha value is -1.70. The number of rotatable bonds is 4. The van der Waals surface area contributed by atoms with E-state index >= 15 is 0 Å². The van der Waals surface area contributed by atoms with Gasteiger partial charge in [-0.05, 0) is 25.6 Å². The molecule has 0 aliphatic carbocycles. The highest BCUT2D eigenvalue weighted by Crippen LogP contribution is 2.22. The van der Waals surface area contributed by atoms with Crippen molar-refractivity contribution in [3.8, 4) is 0 Å². The Morgan fingerprint density at radius 1 is 1.38 bits per heavy atom. The minimum Gasteiger partial charge on any atom is -0.366 e. The number of carbonyl (C=O) groups excluding carboxylic acids is 1. The lowest BCUT2D eigenvalue weighted by molar-refractivity contribution is -0.385. The Balaban J connectivity index is 0.00000220. The van der Waals surface area contributed by atoms with Crippen molar-refractivity contribution in [1.29, 1.82) is 0 Å². The van der Waals surface area contributed by atoms with Gasteiger partial charge < -0.3 is 11.1 Å². The van der Waals surface area contributed by atoms with Gasteiger partial charge in [-0.3, -0.25) is 19.8 Å². The molecule has 0 unspecified atom stereocenters. The quantitative estimate of drug-likeness (QED) is 0.635. The average molecular weight is 315 g/mol. The van der Waals surface area contributed by atoms with Crippen molar-refractivity contribution < 1.29 is 9.72 Å². The van der Waals surface area contributed by atoms with Crippen LogP contribution in [0.1, 0.15) is 22.3 Å². The van der Waals surface area contributed by atoms with Crippen LogP contribution in [0.2, 0.25) is 0 Å². The molecule has 1 saturated heterocycles. The van der Waals surface area contributed by atoms with Gasteiger partial charge in [-0.1, -0.05) is 6.07 Å². The summed E-state index contributed by atoms with van der Waals surface area (Å²) in [6, 6.07) is 4.42. The first-order valence-electron chi connectivity index (χ1n) is 6.58. The molecular formula is C13H19ClN4O3. The first kappa shape index (κ1) is 17.4. The van der Waals surface area contributed by atoms with Gasteiger partial charge in [-0.25, -0.2) is 0 Å². The standard InChI is InChI=1S/C13H18N4O3.ClH/c14-13(18)10-2-3-11(12(8-10)17(19)20)9-16-6-1-4-15-5-7-16;/h2-3,8,15H,1,4-7,9H2,(H2,14,18);1H. The van der Waals surface area contributed by atoms with Crippen LogP contribution in [-0.2, 0) is 6.54 Å². The van der Waals surface area contributed by atoms with E-state index in [0.717, 1.165) is 32.6 Å². The van der Waals surface area contributed by atoms with Crippen LogP contribution in [0.3, 0.4) is 0 Å². The number of nitrogens with one attached hydrogen (secondary N) is 1. The van der Waals surface area contributed by atoms with Crippen LogP contribution in [0.15, 0.2) is 18.2 Å². The molecule has 0 spiro atoms. The highest BCUT2D eigenvalue weighted by molar-refractivity contribution is 5.93.